The summed E-state index contributed by atoms with van der Waals surface area (Å²) in [7, 11) is 4.27. The summed E-state index contributed by atoms with van der Waals surface area (Å²) < 4.78 is 0. The summed E-state index contributed by atoms with van der Waals surface area (Å²) in [5, 5.41) is 39.2. The minimum atomic E-state index is -1.48. The summed E-state index contributed by atoms with van der Waals surface area (Å²) in [5.41, 5.74) is 25.1. The molecule has 0 aliphatic carbocycles. The topological polar surface area (TPSA) is 230 Å². The van der Waals surface area contributed by atoms with E-state index < -0.39 is 36.0 Å². The molecule has 0 N–H and O–H groups in total. The molecule has 0 aliphatic rings. The second-order valence-electron chi connectivity index (χ2n) is 4.00. The Morgan fingerprint density at radius 2 is 0.880 bits per heavy atom. The predicted octanol–water partition coefficient (Wildman–Crippen LogP) is -5.36. The van der Waals surface area contributed by atoms with E-state index in [9.17, 15) is 29.7 Å². The standard InChI is InChI=1S/3C4H7N2O2.Ni/c3*1-6-2-3(5)4(7)8;/h3*3H,2H2,1H3,(H,7,8);/q3*-1;+2/p-2. The number of nitrogens with zero attached hydrogens (tertiary/aromatic N) is 6. The first-order chi connectivity index (χ1) is 11.0. The molecule has 0 heterocycles. The fourth-order valence-corrected chi connectivity index (χ4v) is 0.742. The molecule has 6 radical (unpaired) electrons. The Kier molecular flexibility index (Phi) is 26.0. The Bertz CT molecular complexity index is 317. The summed E-state index contributed by atoms with van der Waals surface area (Å²) in [5.74, 6) is -4.43. The van der Waals surface area contributed by atoms with E-state index in [1.165, 1.54) is 21.1 Å². The molecule has 13 heteroatoms. The maximum Gasteiger partial charge on any atom is 2.00 e. The van der Waals surface area contributed by atoms with E-state index in [2.05, 4.69) is 16.0 Å². The minimum Gasteiger partial charge on any atom is -0.799 e. The molecule has 0 saturated carbocycles. The van der Waals surface area contributed by atoms with E-state index in [0.29, 0.717) is 0 Å². The van der Waals surface area contributed by atoms with Gasteiger partial charge >= 0.3 is 17.9 Å². The Hall–Kier alpha value is -1.34. The number of hydrogen-bond donors (Lipinski definition) is 0. The van der Waals surface area contributed by atoms with Crippen LogP contribution in [0.15, 0.2) is 0 Å². The molecule has 0 aromatic heterocycles. The van der Waals surface area contributed by atoms with Crippen molar-refractivity contribution >= 4 is 17.9 Å². The quantitative estimate of drug-likeness (QED) is 0.341. The Balaban J connectivity index is -0.0000000817. The Morgan fingerprint density at radius 1 is 0.720 bits per heavy atom. The smallest absolute Gasteiger partial charge is 0.799 e. The van der Waals surface area contributed by atoms with Crippen LogP contribution in [-0.4, -0.2) is 76.8 Å². The van der Waals surface area contributed by atoms with Crippen molar-refractivity contribution in [3.63, 3.8) is 0 Å². The fraction of sp³-hybridized carbons (Fsp3) is 0.750. The number of hydrogen-bond acceptors (Lipinski definition) is 6. The third-order valence-electron chi connectivity index (χ3n) is 1.88. The normalized spacial score (nSPS) is 12.7. The van der Waals surface area contributed by atoms with Crippen LogP contribution in [0, 0.1) is 0 Å². The zero-order valence-corrected chi connectivity index (χ0v) is 14.8. The summed E-state index contributed by atoms with van der Waals surface area (Å²) in [6.07, 6.45) is 0. The SMILES string of the molecule is C[N]CC([N-])C(=O)[O-].C[N]CC([N-])C(=O)[O-].C[N]CC([N-])C(=O)[O-].[H+].[Ni+2]. The van der Waals surface area contributed by atoms with Crippen molar-refractivity contribution in [2.24, 2.45) is 0 Å². The molecular weight excluding hydrogens is 383 g/mol. The molecule has 12 nitrogen and oxygen atoms in total. The van der Waals surface area contributed by atoms with Crippen LogP contribution in [0.3, 0.4) is 0 Å². The van der Waals surface area contributed by atoms with E-state index in [1.807, 2.05) is 0 Å². The number of carbonyl (C=O) groups excluding carboxylic acids is 3. The van der Waals surface area contributed by atoms with E-state index in [1.54, 1.807) is 0 Å². The van der Waals surface area contributed by atoms with Crippen LogP contribution in [0.5, 0.6) is 0 Å². The van der Waals surface area contributed by atoms with Crippen LogP contribution < -0.4 is 31.3 Å². The number of likely N-dealkylation sites (N-methyl/N-ethyl adjacent to an activating group) is 3. The van der Waals surface area contributed by atoms with Gasteiger partial charge in [-0.05, 0) is 0 Å². The van der Waals surface area contributed by atoms with E-state index >= 15 is 0 Å². The second kappa shape index (κ2) is 20.7. The molecule has 0 aliphatic heterocycles. The number of carboxylic acids is 3. The Morgan fingerprint density at radius 3 is 0.920 bits per heavy atom. The second-order valence-corrected chi connectivity index (χ2v) is 4.00. The first-order valence-corrected chi connectivity index (χ1v) is 6.38. The van der Waals surface area contributed by atoms with Gasteiger partial charge in [0, 0.05) is 58.7 Å². The zero-order valence-electron chi connectivity index (χ0n) is 14.8. The predicted molar refractivity (Wildman–Crippen MR) is 76.3 cm³/mol. The first kappa shape index (κ1) is 31.4. The minimum absolute atomic E-state index is 0. The van der Waals surface area contributed by atoms with Gasteiger partial charge in [0.25, 0.3) is 0 Å². The summed E-state index contributed by atoms with van der Waals surface area (Å²) in [6.45, 7) is -0.285. The van der Waals surface area contributed by atoms with E-state index in [-0.39, 0.29) is 37.6 Å². The third kappa shape index (κ3) is 25.0. The number of carboxylic acid groups (broad SMARTS) is 3. The molecule has 0 saturated heterocycles. The van der Waals surface area contributed by atoms with Gasteiger partial charge in [-0.1, -0.05) is 18.1 Å². The van der Waals surface area contributed by atoms with Crippen molar-refractivity contribution in [3.05, 3.63) is 17.2 Å². The number of aliphatic carboxylic acids is 3. The third-order valence-corrected chi connectivity index (χ3v) is 1.88. The van der Waals surface area contributed by atoms with Crippen LogP contribution in [-0.2, 0) is 30.9 Å². The van der Waals surface area contributed by atoms with Crippen molar-refractivity contribution in [3.8, 4) is 0 Å². The molecule has 0 aromatic rings. The van der Waals surface area contributed by atoms with Gasteiger partial charge in [0.1, 0.15) is 0 Å². The molecule has 25 heavy (non-hydrogen) atoms. The summed E-state index contributed by atoms with van der Waals surface area (Å²) in [4.78, 5) is 29.0. The molecule has 0 bridgehead atoms. The van der Waals surface area contributed by atoms with Gasteiger partial charge in [0.05, 0.1) is 0 Å². The van der Waals surface area contributed by atoms with Gasteiger partial charge < -0.3 is 46.9 Å². The van der Waals surface area contributed by atoms with Crippen molar-refractivity contribution in [2.75, 3.05) is 40.8 Å². The van der Waals surface area contributed by atoms with Crippen LogP contribution in [0.4, 0.5) is 0 Å². The van der Waals surface area contributed by atoms with Crippen molar-refractivity contribution < 1.29 is 47.6 Å². The van der Waals surface area contributed by atoms with Crippen LogP contribution in [0.25, 0.3) is 17.2 Å². The maximum absolute atomic E-state index is 9.67. The molecule has 3 atom stereocenters. The van der Waals surface area contributed by atoms with Gasteiger partial charge in [-0.15, -0.1) is 0 Å². The van der Waals surface area contributed by atoms with Gasteiger partial charge in [-0.3, -0.25) is 0 Å². The number of rotatable bonds is 9. The van der Waals surface area contributed by atoms with Crippen LogP contribution >= 0.6 is 0 Å². The Labute approximate surface area is 158 Å². The summed E-state index contributed by atoms with van der Waals surface area (Å²) >= 11 is 0. The van der Waals surface area contributed by atoms with Crippen LogP contribution in [0.2, 0.25) is 0 Å². The largest absolute Gasteiger partial charge is 2.00 e. The molecule has 3 unspecified atom stereocenters. The monoisotopic (exact) mass is 401 g/mol. The van der Waals surface area contributed by atoms with Crippen molar-refractivity contribution in [1.82, 2.24) is 16.0 Å². The van der Waals surface area contributed by atoms with Gasteiger partial charge in [-0.2, -0.15) is 0 Å². The molecule has 146 valence electrons. The zero-order chi connectivity index (χ0) is 19.7. The first-order valence-electron chi connectivity index (χ1n) is 6.38. The van der Waals surface area contributed by atoms with Crippen molar-refractivity contribution in [1.29, 1.82) is 0 Å². The molecule has 0 aromatic carbocycles. The average Bonchev–Trinajstić information content (AvgIpc) is 2.49. The fourth-order valence-electron chi connectivity index (χ4n) is 0.742. The van der Waals surface area contributed by atoms with Crippen LogP contribution in [0.1, 0.15) is 1.43 Å². The van der Waals surface area contributed by atoms with Gasteiger partial charge in [0.2, 0.25) is 0 Å². The molecule has 0 fully saturated rings. The van der Waals surface area contributed by atoms with Gasteiger partial charge in [0.15, 0.2) is 0 Å². The van der Waals surface area contributed by atoms with Gasteiger partial charge in [-0.25, -0.2) is 16.0 Å². The van der Waals surface area contributed by atoms with E-state index in [4.69, 9.17) is 17.2 Å². The molecule has 0 spiro atoms. The van der Waals surface area contributed by atoms with E-state index in [0.717, 1.165) is 0 Å². The van der Waals surface area contributed by atoms with Crippen molar-refractivity contribution in [2.45, 2.75) is 18.1 Å². The summed E-state index contributed by atoms with van der Waals surface area (Å²) in [6, 6.07) is -4.33. The average molecular weight is 402 g/mol. The molecule has 0 amide bonds. The maximum atomic E-state index is 9.67. The molecule has 0 rings (SSSR count). The number of carbonyl (C=O) groups is 3. The molecular formula is C12H19N6NiO6-3.